The molecule has 0 radical (unpaired) electrons. The third kappa shape index (κ3) is 4.06. The number of aryl methyl sites for hydroxylation is 1. The first-order chi connectivity index (χ1) is 9.15. The molecule has 0 aliphatic carbocycles. The van der Waals surface area contributed by atoms with Crippen molar-refractivity contribution in [3.8, 4) is 5.75 Å². The first-order valence-corrected chi connectivity index (χ1v) is 6.38. The second-order valence-corrected chi connectivity index (χ2v) is 4.66. The third-order valence-electron chi connectivity index (χ3n) is 2.60. The molecule has 0 unspecified atom stereocenters. The molecule has 0 aliphatic rings. The van der Waals surface area contributed by atoms with Crippen LogP contribution < -0.4 is 10.1 Å². The Kier molecular flexibility index (Phi) is 4.52. The van der Waals surface area contributed by atoms with Crippen molar-refractivity contribution in [2.75, 3.05) is 0 Å². The van der Waals surface area contributed by atoms with Gasteiger partial charge in [-0.3, -0.25) is 0 Å². The number of para-hydroxylation sites is 1. The van der Waals surface area contributed by atoms with Gasteiger partial charge in [0.25, 0.3) is 0 Å². The summed E-state index contributed by atoms with van der Waals surface area (Å²) in [7, 11) is 0. The van der Waals surface area contributed by atoms with E-state index in [-0.39, 0.29) is 0 Å². The molecule has 102 valence electrons. The van der Waals surface area contributed by atoms with Gasteiger partial charge < -0.3 is 14.6 Å². The van der Waals surface area contributed by atoms with Gasteiger partial charge in [0, 0.05) is 25.1 Å². The standard InChI is InChI=1S/C14H19N3O2/c1-10(2)15-8-12-6-4-5-7-13(12)18-9-14-16-11(3)19-17-14/h4-7,10,15H,8-9H2,1-3H3. The summed E-state index contributed by atoms with van der Waals surface area (Å²) in [6.45, 7) is 7.09. The van der Waals surface area contributed by atoms with Crippen LogP contribution in [0.3, 0.4) is 0 Å². The maximum absolute atomic E-state index is 5.74. The lowest BCUT2D eigenvalue weighted by atomic mass is 10.2. The van der Waals surface area contributed by atoms with Crippen molar-refractivity contribution in [1.29, 1.82) is 0 Å². The minimum absolute atomic E-state index is 0.316. The Hall–Kier alpha value is -1.88. The van der Waals surface area contributed by atoms with Crippen LogP contribution >= 0.6 is 0 Å². The van der Waals surface area contributed by atoms with Gasteiger partial charge in [-0.2, -0.15) is 4.98 Å². The van der Waals surface area contributed by atoms with Crippen molar-refractivity contribution in [2.45, 2.75) is 40.0 Å². The smallest absolute Gasteiger partial charge is 0.223 e. The minimum atomic E-state index is 0.316. The molecule has 1 aromatic heterocycles. The molecule has 5 nitrogen and oxygen atoms in total. The second-order valence-electron chi connectivity index (χ2n) is 4.66. The SMILES string of the molecule is Cc1nc(COc2ccccc2CNC(C)C)no1. The van der Waals surface area contributed by atoms with E-state index in [9.17, 15) is 0 Å². The molecule has 0 bridgehead atoms. The molecule has 5 heteroatoms. The predicted octanol–water partition coefficient (Wildman–Crippen LogP) is 2.46. The second kappa shape index (κ2) is 6.33. The first kappa shape index (κ1) is 13.5. The average Bonchev–Trinajstić information content (AvgIpc) is 2.80. The molecular weight excluding hydrogens is 242 g/mol. The lowest BCUT2D eigenvalue weighted by Gasteiger charge is -2.12. The maximum Gasteiger partial charge on any atom is 0.223 e. The monoisotopic (exact) mass is 261 g/mol. The van der Waals surface area contributed by atoms with E-state index in [0.29, 0.717) is 24.4 Å². The summed E-state index contributed by atoms with van der Waals surface area (Å²) in [4.78, 5) is 4.11. The molecule has 0 saturated heterocycles. The number of aromatic nitrogens is 2. The van der Waals surface area contributed by atoms with Gasteiger partial charge in [0.1, 0.15) is 5.75 Å². The lowest BCUT2D eigenvalue weighted by molar-refractivity contribution is 0.282. The Bertz CT molecular complexity index is 523. The number of hydrogen-bond acceptors (Lipinski definition) is 5. The molecule has 0 atom stereocenters. The van der Waals surface area contributed by atoms with E-state index in [4.69, 9.17) is 9.26 Å². The summed E-state index contributed by atoms with van der Waals surface area (Å²) in [6, 6.07) is 8.39. The van der Waals surface area contributed by atoms with Crippen molar-refractivity contribution in [1.82, 2.24) is 15.5 Å². The van der Waals surface area contributed by atoms with Crippen LogP contribution in [-0.4, -0.2) is 16.2 Å². The highest BCUT2D eigenvalue weighted by Gasteiger charge is 2.07. The molecule has 1 N–H and O–H groups in total. The van der Waals surface area contributed by atoms with Gasteiger partial charge in [-0.15, -0.1) is 0 Å². The van der Waals surface area contributed by atoms with E-state index in [0.717, 1.165) is 17.9 Å². The Balaban J connectivity index is 1.99. The van der Waals surface area contributed by atoms with Gasteiger partial charge in [-0.05, 0) is 6.07 Å². The van der Waals surface area contributed by atoms with E-state index in [1.807, 2.05) is 24.3 Å². The number of ether oxygens (including phenoxy) is 1. The zero-order valence-electron chi connectivity index (χ0n) is 11.5. The highest BCUT2D eigenvalue weighted by molar-refractivity contribution is 5.33. The molecule has 1 aromatic carbocycles. The largest absolute Gasteiger partial charge is 0.485 e. The average molecular weight is 261 g/mol. The van der Waals surface area contributed by atoms with Crippen molar-refractivity contribution >= 4 is 0 Å². The fourth-order valence-corrected chi connectivity index (χ4v) is 1.65. The highest BCUT2D eigenvalue weighted by atomic mass is 16.5. The Labute approximate surface area is 113 Å². The number of nitrogens with zero attached hydrogens (tertiary/aromatic N) is 2. The quantitative estimate of drug-likeness (QED) is 0.865. The molecule has 2 rings (SSSR count). The molecular formula is C14H19N3O2. The fraction of sp³-hybridized carbons (Fsp3) is 0.429. The maximum atomic E-state index is 5.74. The molecule has 0 amide bonds. The van der Waals surface area contributed by atoms with E-state index in [1.165, 1.54) is 0 Å². The van der Waals surface area contributed by atoms with E-state index < -0.39 is 0 Å². The summed E-state index contributed by atoms with van der Waals surface area (Å²) in [5.74, 6) is 1.95. The number of rotatable bonds is 6. The fourth-order valence-electron chi connectivity index (χ4n) is 1.65. The number of nitrogens with one attached hydrogen (secondary N) is 1. The lowest BCUT2D eigenvalue weighted by Crippen LogP contribution is -2.22. The zero-order chi connectivity index (χ0) is 13.7. The van der Waals surface area contributed by atoms with Crippen LogP contribution in [0.15, 0.2) is 28.8 Å². The molecule has 0 aliphatic heterocycles. The van der Waals surface area contributed by atoms with Crippen LogP contribution in [0, 0.1) is 6.92 Å². The molecule has 2 aromatic rings. The number of hydrogen-bond donors (Lipinski definition) is 1. The molecule has 0 fully saturated rings. The summed E-state index contributed by atoms with van der Waals surface area (Å²) in [5, 5.41) is 7.18. The zero-order valence-corrected chi connectivity index (χ0v) is 11.5. The first-order valence-electron chi connectivity index (χ1n) is 6.38. The molecule has 0 spiro atoms. The van der Waals surface area contributed by atoms with E-state index in [1.54, 1.807) is 6.92 Å². The topological polar surface area (TPSA) is 60.2 Å². The van der Waals surface area contributed by atoms with Gasteiger partial charge in [0.15, 0.2) is 6.61 Å². The van der Waals surface area contributed by atoms with Crippen molar-refractivity contribution in [2.24, 2.45) is 0 Å². The summed E-state index contributed by atoms with van der Waals surface area (Å²) in [5.41, 5.74) is 1.12. The van der Waals surface area contributed by atoms with E-state index >= 15 is 0 Å². The van der Waals surface area contributed by atoms with Crippen LogP contribution in [0.5, 0.6) is 5.75 Å². The van der Waals surface area contributed by atoms with Gasteiger partial charge in [-0.1, -0.05) is 37.2 Å². The summed E-state index contributed by atoms with van der Waals surface area (Å²) in [6.07, 6.45) is 0. The Morgan fingerprint density at radius 2 is 2.11 bits per heavy atom. The van der Waals surface area contributed by atoms with Crippen LogP contribution in [0.2, 0.25) is 0 Å². The molecule has 19 heavy (non-hydrogen) atoms. The van der Waals surface area contributed by atoms with Crippen molar-refractivity contribution < 1.29 is 9.26 Å². The van der Waals surface area contributed by atoms with Gasteiger partial charge >= 0.3 is 0 Å². The predicted molar refractivity (Wildman–Crippen MR) is 71.8 cm³/mol. The third-order valence-corrected chi connectivity index (χ3v) is 2.60. The van der Waals surface area contributed by atoms with Gasteiger partial charge in [0.2, 0.25) is 11.7 Å². The molecule has 1 heterocycles. The Morgan fingerprint density at radius 3 is 2.79 bits per heavy atom. The van der Waals surface area contributed by atoms with Gasteiger partial charge in [-0.25, -0.2) is 0 Å². The van der Waals surface area contributed by atoms with Crippen molar-refractivity contribution in [3.63, 3.8) is 0 Å². The van der Waals surface area contributed by atoms with Crippen LogP contribution in [-0.2, 0) is 13.2 Å². The molecule has 0 saturated carbocycles. The highest BCUT2D eigenvalue weighted by Crippen LogP contribution is 2.18. The van der Waals surface area contributed by atoms with E-state index in [2.05, 4.69) is 29.3 Å². The minimum Gasteiger partial charge on any atom is -0.485 e. The van der Waals surface area contributed by atoms with Crippen LogP contribution in [0.4, 0.5) is 0 Å². The normalized spacial score (nSPS) is 10.9. The van der Waals surface area contributed by atoms with Crippen molar-refractivity contribution in [3.05, 3.63) is 41.5 Å². The summed E-state index contributed by atoms with van der Waals surface area (Å²) < 4.78 is 10.7. The van der Waals surface area contributed by atoms with Crippen LogP contribution in [0.25, 0.3) is 0 Å². The van der Waals surface area contributed by atoms with Gasteiger partial charge in [0.05, 0.1) is 0 Å². The Morgan fingerprint density at radius 1 is 1.32 bits per heavy atom. The van der Waals surface area contributed by atoms with Crippen LogP contribution in [0.1, 0.15) is 31.1 Å². The summed E-state index contributed by atoms with van der Waals surface area (Å²) >= 11 is 0. The number of benzene rings is 1.